The first-order valence-electron chi connectivity index (χ1n) is 11.1. The van der Waals surface area contributed by atoms with Crippen LogP contribution in [-0.4, -0.2) is 23.5 Å². The van der Waals surface area contributed by atoms with Gasteiger partial charge in [-0.1, -0.05) is 70.7 Å². The summed E-state index contributed by atoms with van der Waals surface area (Å²) in [5.41, 5.74) is 7.83. The van der Waals surface area contributed by atoms with Crippen molar-refractivity contribution in [1.82, 2.24) is 11.0 Å². The van der Waals surface area contributed by atoms with E-state index >= 15 is 0 Å². The van der Waals surface area contributed by atoms with Crippen molar-refractivity contribution in [3.63, 3.8) is 0 Å². The highest BCUT2D eigenvalue weighted by atomic mass is 19.1. The molecule has 0 aliphatic heterocycles. The smallest absolute Gasteiger partial charge is 0.307 e. The molecule has 0 aromatic heterocycles. The van der Waals surface area contributed by atoms with Crippen molar-refractivity contribution < 1.29 is 24.0 Å². The van der Waals surface area contributed by atoms with E-state index in [0.29, 0.717) is 6.54 Å². The lowest BCUT2D eigenvalue weighted by Gasteiger charge is -2.23. The van der Waals surface area contributed by atoms with Gasteiger partial charge in [-0.3, -0.25) is 9.59 Å². The number of carboxylic acid groups (broad SMARTS) is 1. The van der Waals surface area contributed by atoms with Crippen LogP contribution in [0.4, 0.5) is 4.39 Å². The quantitative estimate of drug-likeness (QED) is 0.353. The van der Waals surface area contributed by atoms with Crippen molar-refractivity contribution in [2.24, 2.45) is 0 Å². The molecule has 0 aliphatic rings. The topological polar surface area (TPSA) is 87.7 Å². The average Bonchev–Trinajstić information content (AvgIpc) is 2.80. The minimum atomic E-state index is -0.793. The summed E-state index contributed by atoms with van der Waals surface area (Å²) in [5, 5.41) is 8.64. The molecule has 3 N–H and O–H groups in total. The normalized spacial score (nSPS) is 10.2. The molecule has 0 radical (unpaired) electrons. The minimum absolute atomic E-state index is 0.0877. The SMILES string of the molecule is C=Cc1ccc(CC(=O)O)cc1CC.CC.CCNONC(=O)C(C)(C)c1ccc(F)cc1. The molecule has 0 aliphatic carbocycles. The molecule has 0 saturated heterocycles. The number of hydrogen-bond donors (Lipinski definition) is 3. The van der Waals surface area contributed by atoms with E-state index in [-0.39, 0.29) is 18.1 Å². The Bertz CT molecular complexity index is 880. The third-order valence-electron chi connectivity index (χ3n) is 4.66. The summed E-state index contributed by atoms with van der Waals surface area (Å²) in [6, 6.07) is 11.5. The Hall–Kier alpha value is -3.03. The number of benzene rings is 2. The van der Waals surface area contributed by atoms with Gasteiger partial charge in [0.15, 0.2) is 0 Å². The highest BCUT2D eigenvalue weighted by Crippen LogP contribution is 2.23. The van der Waals surface area contributed by atoms with Crippen molar-refractivity contribution in [3.8, 4) is 0 Å². The van der Waals surface area contributed by atoms with Gasteiger partial charge in [0.1, 0.15) is 5.82 Å². The van der Waals surface area contributed by atoms with Gasteiger partial charge in [0.05, 0.1) is 11.8 Å². The lowest BCUT2D eigenvalue weighted by Crippen LogP contribution is -2.42. The molecule has 33 heavy (non-hydrogen) atoms. The molecule has 7 heteroatoms. The summed E-state index contributed by atoms with van der Waals surface area (Å²) in [6.45, 7) is 15.7. The number of carbonyl (C=O) groups excluding carboxylic acids is 1. The number of carboxylic acids is 1. The lowest BCUT2D eigenvalue weighted by atomic mass is 9.84. The Morgan fingerprint density at radius 2 is 1.73 bits per heavy atom. The summed E-state index contributed by atoms with van der Waals surface area (Å²) in [7, 11) is 0. The summed E-state index contributed by atoms with van der Waals surface area (Å²) in [4.78, 5) is 27.1. The van der Waals surface area contributed by atoms with Crippen molar-refractivity contribution >= 4 is 18.0 Å². The zero-order valence-electron chi connectivity index (χ0n) is 20.5. The molecule has 0 heterocycles. The number of hydroxylamine groups is 2. The molecule has 182 valence electrons. The van der Waals surface area contributed by atoms with Gasteiger partial charge in [0.2, 0.25) is 0 Å². The first-order valence-corrected chi connectivity index (χ1v) is 11.1. The van der Waals surface area contributed by atoms with Crippen LogP contribution in [0, 0.1) is 5.82 Å². The molecule has 2 rings (SSSR count). The maximum atomic E-state index is 12.8. The van der Waals surface area contributed by atoms with Crippen LogP contribution in [0.5, 0.6) is 0 Å². The first kappa shape index (κ1) is 30.0. The van der Waals surface area contributed by atoms with Gasteiger partial charge >= 0.3 is 5.97 Å². The number of carbonyl (C=O) groups is 2. The third kappa shape index (κ3) is 10.4. The molecule has 2 aromatic rings. The van der Waals surface area contributed by atoms with Crippen LogP contribution >= 0.6 is 0 Å². The Morgan fingerprint density at radius 3 is 2.21 bits per heavy atom. The Kier molecular flexibility index (Phi) is 14.3. The largest absolute Gasteiger partial charge is 0.481 e. The van der Waals surface area contributed by atoms with E-state index < -0.39 is 11.4 Å². The standard InChI is InChI=1S/C12H17FN2O2.C12H14O2.C2H6/c1-4-14-17-15-11(16)12(2,3)9-5-7-10(13)8-6-9;1-3-10-6-5-9(8-12(13)14)7-11(10)4-2;1-2/h5-8,14H,4H2,1-3H3,(H,15,16);3,5-7H,1,4,8H2,2H3,(H,13,14);1-2H3. The number of rotatable bonds is 9. The predicted molar refractivity (Wildman–Crippen MR) is 131 cm³/mol. The van der Waals surface area contributed by atoms with E-state index in [1.807, 2.05) is 45.9 Å². The molecule has 0 spiro atoms. The van der Waals surface area contributed by atoms with Gasteiger partial charge < -0.3 is 5.11 Å². The van der Waals surface area contributed by atoms with E-state index in [4.69, 9.17) is 10.0 Å². The van der Waals surface area contributed by atoms with Crippen LogP contribution < -0.4 is 11.0 Å². The van der Waals surface area contributed by atoms with E-state index in [1.54, 1.807) is 32.1 Å². The zero-order valence-corrected chi connectivity index (χ0v) is 20.5. The second-order valence-electron chi connectivity index (χ2n) is 7.32. The fourth-order valence-electron chi connectivity index (χ4n) is 2.73. The van der Waals surface area contributed by atoms with E-state index in [0.717, 1.165) is 28.7 Å². The van der Waals surface area contributed by atoms with Crippen LogP contribution in [0.25, 0.3) is 6.08 Å². The number of aryl methyl sites for hydroxylation is 1. The highest BCUT2D eigenvalue weighted by Gasteiger charge is 2.30. The molecule has 0 bridgehead atoms. The second-order valence-corrected chi connectivity index (χ2v) is 7.32. The van der Waals surface area contributed by atoms with Crippen LogP contribution in [0.3, 0.4) is 0 Å². The average molecular weight is 461 g/mol. The van der Waals surface area contributed by atoms with E-state index in [2.05, 4.69) is 17.5 Å². The van der Waals surface area contributed by atoms with Crippen LogP contribution in [0.15, 0.2) is 49.0 Å². The zero-order chi connectivity index (χ0) is 25.4. The van der Waals surface area contributed by atoms with Crippen molar-refractivity contribution in [2.75, 3.05) is 6.54 Å². The Balaban J connectivity index is 0.000000586. The van der Waals surface area contributed by atoms with Gasteiger partial charge in [-0.05, 0) is 54.7 Å². The van der Waals surface area contributed by atoms with E-state index in [9.17, 15) is 14.0 Å². The predicted octanol–water partition coefficient (Wildman–Crippen LogP) is 5.22. The maximum absolute atomic E-state index is 12.8. The van der Waals surface area contributed by atoms with E-state index in [1.165, 1.54) is 12.1 Å². The van der Waals surface area contributed by atoms with Gasteiger partial charge in [0.25, 0.3) is 5.91 Å². The van der Waals surface area contributed by atoms with Crippen molar-refractivity contribution in [2.45, 2.75) is 59.8 Å². The summed E-state index contributed by atoms with van der Waals surface area (Å²) < 4.78 is 12.8. The van der Waals surface area contributed by atoms with Crippen LogP contribution in [0.2, 0.25) is 0 Å². The molecule has 0 atom stereocenters. The molecular formula is C26H37FN2O4. The Morgan fingerprint density at radius 1 is 1.12 bits per heavy atom. The van der Waals surface area contributed by atoms with Crippen molar-refractivity contribution in [1.29, 1.82) is 0 Å². The lowest BCUT2D eigenvalue weighted by molar-refractivity contribution is -0.145. The number of hydrogen-bond acceptors (Lipinski definition) is 4. The Labute approximate surface area is 196 Å². The fraction of sp³-hybridized carbons (Fsp3) is 0.385. The maximum Gasteiger partial charge on any atom is 0.307 e. The van der Waals surface area contributed by atoms with Crippen LogP contribution in [-0.2, 0) is 32.8 Å². The molecular weight excluding hydrogens is 423 g/mol. The minimum Gasteiger partial charge on any atom is -0.481 e. The third-order valence-corrected chi connectivity index (χ3v) is 4.66. The molecule has 0 unspecified atom stereocenters. The van der Waals surface area contributed by atoms with Gasteiger partial charge in [-0.25, -0.2) is 9.87 Å². The number of nitrogens with one attached hydrogen (secondary N) is 2. The molecule has 6 nitrogen and oxygen atoms in total. The highest BCUT2D eigenvalue weighted by molar-refractivity contribution is 5.86. The van der Waals surface area contributed by atoms with Gasteiger partial charge in [0, 0.05) is 6.54 Å². The number of aliphatic carboxylic acids is 1. The monoisotopic (exact) mass is 460 g/mol. The summed E-state index contributed by atoms with van der Waals surface area (Å²) in [6.07, 6.45) is 2.78. The summed E-state index contributed by atoms with van der Waals surface area (Å²) in [5.74, 6) is -1.42. The molecule has 2 aromatic carbocycles. The number of amides is 1. The number of halogens is 1. The van der Waals surface area contributed by atoms with Crippen LogP contribution in [0.1, 0.15) is 63.8 Å². The van der Waals surface area contributed by atoms with Gasteiger partial charge in [-0.2, -0.15) is 10.4 Å². The first-order chi connectivity index (χ1) is 15.6. The molecule has 0 fully saturated rings. The fourth-order valence-corrected chi connectivity index (χ4v) is 2.73. The molecule has 0 saturated carbocycles. The molecule has 1 amide bonds. The second kappa shape index (κ2) is 15.7. The van der Waals surface area contributed by atoms with Gasteiger partial charge in [-0.15, -0.1) is 0 Å². The van der Waals surface area contributed by atoms with Crippen molar-refractivity contribution in [3.05, 3.63) is 77.1 Å². The summed E-state index contributed by atoms with van der Waals surface area (Å²) >= 11 is 0.